The van der Waals surface area contributed by atoms with E-state index < -0.39 is 0 Å². The van der Waals surface area contributed by atoms with Crippen LogP contribution in [0.1, 0.15) is 5.56 Å². The molecule has 0 saturated heterocycles. The van der Waals surface area contributed by atoms with Crippen LogP contribution < -0.4 is 0 Å². The summed E-state index contributed by atoms with van der Waals surface area (Å²) in [7, 11) is 1.60. The molecule has 2 rings (SSSR count). The molecule has 0 aliphatic heterocycles. The molecule has 0 radical (unpaired) electrons. The molecule has 2 aromatic rings. The number of ether oxygens (including phenoxy) is 1. The molecular weight excluding hydrogens is 312 g/mol. The van der Waals surface area contributed by atoms with Crippen LogP contribution in [0.25, 0.3) is 10.9 Å². The average Bonchev–Trinajstić information content (AvgIpc) is 2.38. The second kappa shape index (κ2) is 6.08. The molecule has 0 aliphatic carbocycles. The fourth-order valence-electron chi connectivity index (χ4n) is 2.04. The van der Waals surface area contributed by atoms with Crippen molar-refractivity contribution in [3.63, 3.8) is 0 Å². The molecule has 1 unspecified atom stereocenters. The van der Waals surface area contributed by atoms with Crippen LogP contribution in [0, 0.1) is 10.1 Å². The second-order valence-electron chi connectivity index (χ2n) is 4.16. The monoisotopic (exact) mass is 324 g/mol. The molecule has 1 aromatic heterocycles. The molecule has 1 aromatic carbocycles. The summed E-state index contributed by atoms with van der Waals surface area (Å²) < 4.78 is 5.03. The van der Waals surface area contributed by atoms with Gasteiger partial charge >= 0.3 is 0 Å². The normalized spacial score (nSPS) is 12.5. The molecule has 0 amide bonds. The number of hydrogen-bond donors (Lipinski definition) is 0. The number of nitro groups is 1. The van der Waals surface area contributed by atoms with Crippen molar-refractivity contribution in [2.45, 2.75) is 11.2 Å². The Kier molecular flexibility index (Phi) is 4.44. The van der Waals surface area contributed by atoms with Crippen molar-refractivity contribution in [1.29, 1.82) is 0 Å². The van der Waals surface area contributed by atoms with Crippen molar-refractivity contribution in [3.8, 4) is 0 Å². The average molecular weight is 325 g/mol. The van der Waals surface area contributed by atoms with E-state index in [9.17, 15) is 10.1 Å². The van der Waals surface area contributed by atoms with E-state index in [1.807, 2.05) is 6.07 Å². The number of pyridine rings is 1. The molecule has 0 bridgehead atoms. The first-order valence-corrected chi connectivity index (χ1v) is 6.69. The molecular formula is C13H13BrN2O3. The molecule has 19 heavy (non-hydrogen) atoms. The summed E-state index contributed by atoms with van der Waals surface area (Å²) in [6.45, 7) is 0.502. The highest BCUT2D eigenvalue weighted by atomic mass is 79.9. The number of benzene rings is 1. The minimum Gasteiger partial charge on any atom is -0.384 e. The standard InChI is InChI=1S/C13H13BrN2O3/c1-19-8-10(14)7-9-4-5-12-11(3-2-6-15-12)13(9)16(17)18/h2-6,10H,7-8H2,1H3. The van der Waals surface area contributed by atoms with Crippen molar-refractivity contribution < 1.29 is 9.66 Å². The number of rotatable bonds is 5. The van der Waals surface area contributed by atoms with Gasteiger partial charge in [0.05, 0.1) is 22.4 Å². The van der Waals surface area contributed by atoms with Crippen LogP contribution in [0.2, 0.25) is 0 Å². The minimum absolute atomic E-state index is 0.0466. The van der Waals surface area contributed by atoms with Gasteiger partial charge in [-0.1, -0.05) is 15.9 Å². The lowest BCUT2D eigenvalue weighted by atomic mass is 10.0. The van der Waals surface area contributed by atoms with Crippen molar-refractivity contribution in [3.05, 3.63) is 46.1 Å². The van der Waals surface area contributed by atoms with Crippen molar-refractivity contribution in [2.24, 2.45) is 0 Å². The summed E-state index contributed by atoms with van der Waals surface area (Å²) in [6, 6.07) is 7.00. The van der Waals surface area contributed by atoms with Gasteiger partial charge in [0.2, 0.25) is 0 Å². The topological polar surface area (TPSA) is 65.3 Å². The van der Waals surface area contributed by atoms with Gasteiger partial charge in [0.25, 0.3) is 5.69 Å². The van der Waals surface area contributed by atoms with E-state index in [1.54, 1.807) is 31.5 Å². The number of aromatic nitrogens is 1. The van der Waals surface area contributed by atoms with Crippen LogP contribution in [0.3, 0.4) is 0 Å². The maximum absolute atomic E-state index is 11.3. The number of nitrogens with zero attached hydrogens (tertiary/aromatic N) is 2. The van der Waals surface area contributed by atoms with Crippen LogP contribution in [-0.2, 0) is 11.2 Å². The number of alkyl halides is 1. The summed E-state index contributed by atoms with van der Waals surface area (Å²) >= 11 is 3.46. The molecule has 5 nitrogen and oxygen atoms in total. The zero-order valence-corrected chi connectivity index (χ0v) is 12.0. The van der Waals surface area contributed by atoms with E-state index in [1.165, 1.54) is 0 Å². The van der Waals surface area contributed by atoms with Gasteiger partial charge < -0.3 is 4.74 Å². The Bertz CT molecular complexity index is 603. The first kappa shape index (κ1) is 13.9. The number of nitro benzene ring substituents is 1. The highest BCUT2D eigenvalue weighted by Crippen LogP contribution is 2.30. The maximum atomic E-state index is 11.3. The van der Waals surface area contributed by atoms with Crippen LogP contribution >= 0.6 is 15.9 Å². The third-order valence-corrected chi connectivity index (χ3v) is 3.40. The van der Waals surface area contributed by atoms with E-state index in [4.69, 9.17) is 4.74 Å². The van der Waals surface area contributed by atoms with Gasteiger partial charge in [-0.05, 0) is 30.7 Å². The molecule has 0 N–H and O–H groups in total. The lowest BCUT2D eigenvalue weighted by molar-refractivity contribution is -0.383. The lowest BCUT2D eigenvalue weighted by Crippen LogP contribution is -2.11. The van der Waals surface area contributed by atoms with Crippen molar-refractivity contribution in [2.75, 3.05) is 13.7 Å². The fraction of sp³-hybridized carbons (Fsp3) is 0.308. The van der Waals surface area contributed by atoms with Gasteiger partial charge in [-0.2, -0.15) is 0 Å². The van der Waals surface area contributed by atoms with Crippen LogP contribution in [0.15, 0.2) is 30.5 Å². The number of hydrogen-bond acceptors (Lipinski definition) is 4. The molecule has 1 heterocycles. The predicted molar refractivity (Wildman–Crippen MR) is 76.7 cm³/mol. The SMILES string of the molecule is COCC(Br)Cc1ccc2ncccc2c1[N+](=O)[O-]. The van der Waals surface area contributed by atoms with Gasteiger partial charge in [-0.25, -0.2) is 0 Å². The Morgan fingerprint density at radius 3 is 2.95 bits per heavy atom. The molecule has 100 valence electrons. The Balaban J connectivity index is 2.49. The molecule has 0 spiro atoms. The zero-order chi connectivity index (χ0) is 13.8. The van der Waals surface area contributed by atoms with Gasteiger partial charge in [0, 0.05) is 23.7 Å². The number of halogens is 1. The maximum Gasteiger partial charge on any atom is 0.281 e. The lowest BCUT2D eigenvalue weighted by Gasteiger charge is -2.10. The van der Waals surface area contributed by atoms with Crippen LogP contribution in [-0.4, -0.2) is 28.5 Å². The largest absolute Gasteiger partial charge is 0.384 e. The van der Waals surface area contributed by atoms with E-state index in [0.29, 0.717) is 29.5 Å². The Morgan fingerprint density at radius 2 is 2.26 bits per heavy atom. The Hall–Kier alpha value is -1.53. The van der Waals surface area contributed by atoms with E-state index in [2.05, 4.69) is 20.9 Å². The number of methoxy groups -OCH3 is 1. The first-order chi connectivity index (χ1) is 9.13. The third kappa shape index (κ3) is 3.08. The predicted octanol–water partition coefficient (Wildman–Crippen LogP) is 3.10. The highest BCUT2D eigenvalue weighted by molar-refractivity contribution is 9.09. The molecule has 0 saturated carbocycles. The van der Waals surface area contributed by atoms with Gasteiger partial charge in [0.15, 0.2) is 0 Å². The molecule has 0 aliphatic rings. The van der Waals surface area contributed by atoms with Crippen LogP contribution in [0.5, 0.6) is 0 Å². The first-order valence-electron chi connectivity index (χ1n) is 5.77. The van der Waals surface area contributed by atoms with Crippen LogP contribution in [0.4, 0.5) is 5.69 Å². The quantitative estimate of drug-likeness (QED) is 0.481. The molecule has 1 atom stereocenters. The van der Waals surface area contributed by atoms with E-state index in [-0.39, 0.29) is 15.4 Å². The number of fused-ring (bicyclic) bond motifs is 1. The Labute approximate surface area is 118 Å². The summed E-state index contributed by atoms with van der Waals surface area (Å²) in [4.78, 5) is 15.2. The highest BCUT2D eigenvalue weighted by Gasteiger charge is 2.20. The van der Waals surface area contributed by atoms with Gasteiger partial charge in [0.1, 0.15) is 0 Å². The van der Waals surface area contributed by atoms with Crippen molar-refractivity contribution >= 4 is 32.5 Å². The van der Waals surface area contributed by atoms with Gasteiger partial charge in [-0.15, -0.1) is 0 Å². The Morgan fingerprint density at radius 1 is 1.47 bits per heavy atom. The molecule has 0 fully saturated rings. The van der Waals surface area contributed by atoms with Crippen molar-refractivity contribution in [1.82, 2.24) is 4.98 Å². The third-order valence-electron chi connectivity index (χ3n) is 2.81. The smallest absolute Gasteiger partial charge is 0.281 e. The zero-order valence-electron chi connectivity index (χ0n) is 10.4. The minimum atomic E-state index is -0.341. The summed E-state index contributed by atoms with van der Waals surface area (Å²) in [5.41, 5.74) is 1.45. The second-order valence-corrected chi connectivity index (χ2v) is 5.45. The summed E-state index contributed by atoms with van der Waals surface area (Å²) in [5.74, 6) is 0. The fourth-order valence-corrected chi connectivity index (χ4v) is 2.65. The summed E-state index contributed by atoms with van der Waals surface area (Å²) in [5, 5.41) is 11.9. The summed E-state index contributed by atoms with van der Waals surface area (Å²) in [6.07, 6.45) is 2.17. The van der Waals surface area contributed by atoms with E-state index >= 15 is 0 Å². The molecule has 6 heteroatoms. The van der Waals surface area contributed by atoms with Gasteiger partial charge in [-0.3, -0.25) is 15.1 Å². The van der Waals surface area contributed by atoms with E-state index in [0.717, 1.165) is 0 Å².